The summed E-state index contributed by atoms with van der Waals surface area (Å²) in [7, 11) is 0. The van der Waals surface area contributed by atoms with Gasteiger partial charge in [-0.15, -0.1) is 0 Å². The molecule has 0 aliphatic heterocycles. The maximum absolute atomic E-state index is 11.8. The predicted octanol–water partition coefficient (Wildman–Crippen LogP) is 0.285. The summed E-state index contributed by atoms with van der Waals surface area (Å²) in [4.78, 5) is 11.8. The summed E-state index contributed by atoms with van der Waals surface area (Å²) in [5.74, 6) is 4.46. The Bertz CT molecular complexity index is 611. The van der Waals surface area contributed by atoms with Crippen molar-refractivity contribution in [1.82, 2.24) is 0 Å². The van der Waals surface area contributed by atoms with Crippen LogP contribution in [0.25, 0.3) is 0 Å². The normalized spacial score (nSPS) is 25.8. The van der Waals surface area contributed by atoms with E-state index < -0.39 is 24.1 Å². The molecule has 0 unspecified atom stereocenters. The summed E-state index contributed by atoms with van der Waals surface area (Å²) >= 11 is 5.91. The van der Waals surface area contributed by atoms with Gasteiger partial charge in [-0.3, -0.25) is 4.79 Å². The van der Waals surface area contributed by atoms with E-state index in [0.29, 0.717) is 10.6 Å². The van der Waals surface area contributed by atoms with Crippen molar-refractivity contribution in [2.75, 3.05) is 6.61 Å². The van der Waals surface area contributed by atoms with Crippen LogP contribution in [0.1, 0.15) is 5.56 Å². The van der Waals surface area contributed by atoms with Gasteiger partial charge in [0.2, 0.25) is 5.78 Å². The van der Waals surface area contributed by atoms with Crippen molar-refractivity contribution < 1.29 is 20.1 Å². The first-order valence-electron chi connectivity index (χ1n) is 5.53. The number of aliphatic hydroxyl groups is 3. The molecule has 0 bridgehead atoms. The van der Waals surface area contributed by atoms with E-state index in [1.807, 2.05) is 0 Å². The smallest absolute Gasteiger partial charge is 0.207 e. The summed E-state index contributed by atoms with van der Waals surface area (Å²) in [6, 6.07) is 6.85. The minimum absolute atomic E-state index is 0.0380. The Morgan fingerprint density at radius 1 is 1.32 bits per heavy atom. The van der Waals surface area contributed by atoms with Gasteiger partial charge in [0.05, 0.1) is 17.2 Å². The summed E-state index contributed by atoms with van der Waals surface area (Å²) in [5, 5.41) is 28.7. The monoisotopic (exact) mass is 278 g/mol. The van der Waals surface area contributed by atoms with Gasteiger partial charge in [0.25, 0.3) is 0 Å². The summed E-state index contributed by atoms with van der Waals surface area (Å²) in [5.41, 5.74) is -1.69. The van der Waals surface area contributed by atoms with Crippen molar-refractivity contribution in [3.8, 4) is 11.8 Å². The van der Waals surface area contributed by atoms with Crippen molar-refractivity contribution in [3.63, 3.8) is 0 Å². The third kappa shape index (κ3) is 2.42. The molecule has 1 aliphatic carbocycles. The second-order valence-electron chi connectivity index (χ2n) is 4.17. The number of ketones is 1. The largest absolute Gasteiger partial charge is 0.393 e. The lowest BCUT2D eigenvalue weighted by molar-refractivity contribution is -0.144. The van der Waals surface area contributed by atoms with Crippen LogP contribution in [0.4, 0.5) is 0 Å². The van der Waals surface area contributed by atoms with Crippen LogP contribution >= 0.6 is 11.6 Å². The molecule has 98 valence electrons. The van der Waals surface area contributed by atoms with Gasteiger partial charge in [0.1, 0.15) is 6.10 Å². The molecule has 1 aromatic rings. The van der Waals surface area contributed by atoms with Crippen molar-refractivity contribution >= 4 is 17.4 Å². The number of benzene rings is 1. The number of hydrogen-bond acceptors (Lipinski definition) is 4. The lowest BCUT2D eigenvalue weighted by Gasteiger charge is -2.21. The molecule has 0 heterocycles. The first kappa shape index (κ1) is 13.8. The fourth-order valence-electron chi connectivity index (χ4n) is 1.70. The highest BCUT2D eigenvalue weighted by molar-refractivity contribution is 6.31. The van der Waals surface area contributed by atoms with Crippen molar-refractivity contribution in [3.05, 3.63) is 46.5 Å². The van der Waals surface area contributed by atoms with Gasteiger partial charge in [-0.2, -0.15) is 0 Å². The second kappa shape index (κ2) is 5.16. The maximum Gasteiger partial charge on any atom is 0.207 e. The summed E-state index contributed by atoms with van der Waals surface area (Å²) in [6.07, 6.45) is -0.330. The van der Waals surface area contributed by atoms with Gasteiger partial charge < -0.3 is 15.3 Å². The molecule has 2 rings (SSSR count). The number of aliphatic hydroxyl groups excluding tert-OH is 2. The Balaban J connectivity index is 2.30. The molecule has 3 N–H and O–H groups in total. The van der Waals surface area contributed by atoms with E-state index in [1.165, 1.54) is 0 Å². The lowest BCUT2D eigenvalue weighted by Crippen LogP contribution is -2.48. The van der Waals surface area contributed by atoms with Gasteiger partial charge in [0.15, 0.2) is 5.60 Å². The van der Waals surface area contributed by atoms with Crippen LogP contribution in [0.5, 0.6) is 0 Å². The van der Waals surface area contributed by atoms with E-state index in [9.17, 15) is 15.0 Å². The predicted molar refractivity (Wildman–Crippen MR) is 69.5 cm³/mol. The van der Waals surface area contributed by atoms with Gasteiger partial charge in [-0.25, -0.2) is 0 Å². The van der Waals surface area contributed by atoms with E-state index in [-0.39, 0.29) is 5.57 Å². The minimum Gasteiger partial charge on any atom is -0.393 e. The fourth-order valence-corrected chi connectivity index (χ4v) is 1.88. The molecule has 0 amide bonds. The van der Waals surface area contributed by atoms with E-state index in [2.05, 4.69) is 11.8 Å². The van der Waals surface area contributed by atoms with E-state index in [4.69, 9.17) is 16.7 Å². The van der Waals surface area contributed by atoms with Crippen LogP contribution < -0.4 is 0 Å². The van der Waals surface area contributed by atoms with E-state index in [0.717, 1.165) is 6.08 Å². The quantitative estimate of drug-likeness (QED) is 0.645. The van der Waals surface area contributed by atoms with Crippen LogP contribution in [0, 0.1) is 11.8 Å². The van der Waals surface area contributed by atoms with Crippen LogP contribution in [0.3, 0.4) is 0 Å². The fraction of sp³-hybridized carbons (Fsp3) is 0.214. The Hall–Kier alpha value is -1.64. The highest BCUT2D eigenvalue weighted by Crippen LogP contribution is 2.25. The third-order valence-corrected chi connectivity index (χ3v) is 3.23. The Kier molecular flexibility index (Phi) is 3.74. The molecule has 1 aromatic carbocycles. The zero-order chi connectivity index (χ0) is 14.0. The number of hydrogen-bond donors (Lipinski definition) is 3. The molecule has 1 aliphatic rings. The lowest BCUT2D eigenvalue weighted by atomic mass is 9.97. The number of rotatable bonds is 1. The Morgan fingerprint density at radius 2 is 2.00 bits per heavy atom. The molecule has 0 saturated carbocycles. The zero-order valence-corrected chi connectivity index (χ0v) is 10.6. The van der Waals surface area contributed by atoms with Gasteiger partial charge in [0, 0.05) is 5.56 Å². The molecule has 0 saturated heterocycles. The highest BCUT2D eigenvalue weighted by atomic mass is 35.5. The molecule has 0 radical (unpaired) electrons. The van der Waals surface area contributed by atoms with Crippen LogP contribution in [-0.4, -0.2) is 39.4 Å². The molecule has 2 atom stereocenters. The Labute approximate surface area is 115 Å². The summed E-state index contributed by atoms with van der Waals surface area (Å²) < 4.78 is 0. The molecule has 0 aromatic heterocycles. The number of halogens is 1. The second-order valence-corrected chi connectivity index (χ2v) is 4.57. The highest BCUT2D eigenvalue weighted by Gasteiger charge is 2.48. The SMILES string of the molecule is O=C1C(C#Cc2ccccc2Cl)=C[C@H](O)[C@@]1(O)CO. The van der Waals surface area contributed by atoms with Crippen molar-refractivity contribution in [1.29, 1.82) is 0 Å². The summed E-state index contributed by atoms with van der Waals surface area (Å²) in [6.45, 7) is -0.860. The maximum atomic E-state index is 11.8. The van der Waals surface area contributed by atoms with E-state index in [1.54, 1.807) is 24.3 Å². The van der Waals surface area contributed by atoms with Crippen molar-refractivity contribution in [2.45, 2.75) is 11.7 Å². The third-order valence-electron chi connectivity index (χ3n) is 2.90. The Morgan fingerprint density at radius 3 is 2.58 bits per heavy atom. The average molecular weight is 279 g/mol. The van der Waals surface area contributed by atoms with Crippen LogP contribution in [-0.2, 0) is 4.79 Å². The molecule has 5 heteroatoms. The van der Waals surface area contributed by atoms with Gasteiger partial charge in [-0.05, 0) is 18.2 Å². The standard InChI is InChI=1S/C14H11ClO4/c15-11-4-2-1-3-9(11)5-6-10-7-12(17)14(19,8-16)13(10)18/h1-4,7,12,16-17,19H,8H2/t12-,14-/m0/s1. The zero-order valence-electron chi connectivity index (χ0n) is 9.80. The number of carbonyl (C=O) groups is 1. The molecule has 4 nitrogen and oxygen atoms in total. The first-order valence-corrected chi connectivity index (χ1v) is 5.91. The average Bonchev–Trinajstić information content (AvgIpc) is 2.63. The topological polar surface area (TPSA) is 77.8 Å². The molecule has 0 spiro atoms. The molecular formula is C14H11ClO4. The minimum atomic E-state index is -2.19. The molecule has 0 fully saturated rings. The molecule has 19 heavy (non-hydrogen) atoms. The van der Waals surface area contributed by atoms with Crippen LogP contribution in [0.2, 0.25) is 5.02 Å². The van der Waals surface area contributed by atoms with Gasteiger partial charge >= 0.3 is 0 Å². The van der Waals surface area contributed by atoms with Crippen LogP contribution in [0.15, 0.2) is 35.9 Å². The number of carbonyl (C=O) groups excluding carboxylic acids is 1. The van der Waals surface area contributed by atoms with Gasteiger partial charge in [-0.1, -0.05) is 35.6 Å². The first-order chi connectivity index (χ1) is 8.99. The molecular weight excluding hydrogens is 268 g/mol. The number of Topliss-reactive ketones (excluding diaryl/α,β-unsaturated/α-hetero) is 1. The van der Waals surface area contributed by atoms with Crippen molar-refractivity contribution in [2.24, 2.45) is 0 Å². The van der Waals surface area contributed by atoms with E-state index >= 15 is 0 Å².